The molecule has 0 radical (unpaired) electrons. The first-order chi connectivity index (χ1) is 11.9. The maximum Gasteiger partial charge on any atom is 0.253 e. The van der Waals surface area contributed by atoms with Crippen LogP contribution in [0.15, 0.2) is 48.5 Å². The molecule has 0 bridgehead atoms. The van der Waals surface area contributed by atoms with Crippen LogP contribution in [-0.2, 0) is 9.84 Å². The predicted octanol–water partition coefficient (Wildman–Crippen LogP) is 3.48. The van der Waals surface area contributed by atoms with Gasteiger partial charge in [0, 0.05) is 29.2 Å². The molecule has 1 aliphatic heterocycles. The summed E-state index contributed by atoms with van der Waals surface area (Å²) < 4.78 is 39.2. The van der Waals surface area contributed by atoms with Crippen LogP contribution in [0.1, 0.15) is 27.6 Å². The summed E-state index contributed by atoms with van der Waals surface area (Å²) in [4.78, 5) is 14.1. The van der Waals surface area contributed by atoms with Crippen molar-refractivity contribution in [2.75, 3.05) is 18.8 Å². The van der Waals surface area contributed by atoms with Gasteiger partial charge in [-0.05, 0) is 30.7 Å². The van der Waals surface area contributed by atoms with Crippen LogP contribution in [0.3, 0.4) is 0 Å². The van der Waals surface area contributed by atoms with Crippen LogP contribution in [0.4, 0.5) is 4.39 Å². The van der Waals surface area contributed by atoms with E-state index in [1.165, 1.54) is 23.1 Å². The number of carbonyl (C=O) groups is 1. The van der Waals surface area contributed by atoms with E-state index in [4.69, 9.17) is 11.6 Å². The van der Waals surface area contributed by atoms with Crippen LogP contribution in [0, 0.1) is 5.82 Å². The molecule has 0 N–H and O–H groups in total. The monoisotopic (exact) mass is 381 g/mol. The highest BCUT2D eigenvalue weighted by Crippen LogP contribution is 2.31. The van der Waals surface area contributed by atoms with Crippen LogP contribution >= 0.6 is 11.6 Å². The van der Waals surface area contributed by atoms with Gasteiger partial charge >= 0.3 is 0 Å². The minimum absolute atomic E-state index is 0.0820. The van der Waals surface area contributed by atoms with Crippen LogP contribution in [0.5, 0.6) is 0 Å². The first-order valence-corrected chi connectivity index (χ1v) is 9.98. The van der Waals surface area contributed by atoms with E-state index in [0.29, 0.717) is 10.6 Å². The smallest absolute Gasteiger partial charge is 0.253 e. The van der Waals surface area contributed by atoms with Crippen molar-refractivity contribution in [3.63, 3.8) is 0 Å². The number of carbonyl (C=O) groups excluding carboxylic acids is 1. The van der Waals surface area contributed by atoms with E-state index in [1.807, 2.05) is 0 Å². The number of halogens is 2. The molecule has 1 amide bonds. The summed E-state index contributed by atoms with van der Waals surface area (Å²) in [6, 6.07) is 12.4. The Hall–Kier alpha value is -1.92. The van der Waals surface area contributed by atoms with E-state index in [9.17, 15) is 17.6 Å². The molecule has 1 fully saturated rings. The first-order valence-electron chi connectivity index (χ1n) is 7.89. The molecule has 1 unspecified atom stereocenters. The third-order valence-corrected chi connectivity index (χ3v) is 6.69. The lowest BCUT2D eigenvalue weighted by Crippen LogP contribution is -2.33. The van der Waals surface area contributed by atoms with Gasteiger partial charge in [-0.25, -0.2) is 12.8 Å². The molecule has 0 aromatic heterocycles. The van der Waals surface area contributed by atoms with Crippen molar-refractivity contribution >= 4 is 27.3 Å². The topological polar surface area (TPSA) is 54.5 Å². The Bertz CT molecular complexity index is 901. The molecule has 7 heteroatoms. The zero-order valence-electron chi connectivity index (χ0n) is 13.4. The second-order valence-corrected chi connectivity index (χ2v) is 8.71. The van der Waals surface area contributed by atoms with E-state index in [-0.39, 0.29) is 36.7 Å². The van der Waals surface area contributed by atoms with Crippen molar-refractivity contribution in [1.82, 2.24) is 4.90 Å². The summed E-state index contributed by atoms with van der Waals surface area (Å²) in [6.07, 6.45) is 0.162. The molecule has 1 heterocycles. The summed E-state index contributed by atoms with van der Waals surface area (Å²) in [7, 11) is -3.55. The fraction of sp³-hybridized carbons (Fsp3) is 0.278. The molecule has 1 aliphatic rings. The van der Waals surface area contributed by atoms with Gasteiger partial charge in [0.15, 0.2) is 9.84 Å². The Morgan fingerprint density at radius 3 is 2.60 bits per heavy atom. The minimum atomic E-state index is -3.55. The summed E-state index contributed by atoms with van der Waals surface area (Å²) in [5.41, 5.74) is 0.578. The molecule has 1 saturated heterocycles. The van der Waals surface area contributed by atoms with E-state index < -0.39 is 20.9 Å². The normalized spacial score (nSPS) is 20.1. The molecule has 25 heavy (non-hydrogen) atoms. The summed E-state index contributed by atoms with van der Waals surface area (Å²) in [6.45, 7) is 0.322. The van der Waals surface area contributed by atoms with Crippen LogP contribution in [-0.4, -0.2) is 38.1 Å². The second-order valence-electron chi connectivity index (χ2n) is 5.97. The number of amides is 1. The Balaban J connectivity index is 1.85. The predicted molar refractivity (Wildman–Crippen MR) is 94.9 cm³/mol. The van der Waals surface area contributed by atoms with Crippen LogP contribution in [0.2, 0.25) is 5.02 Å². The number of hydrogen-bond donors (Lipinski definition) is 0. The van der Waals surface area contributed by atoms with Crippen molar-refractivity contribution in [2.45, 2.75) is 11.7 Å². The van der Waals surface area contributed by atoms with Gasteiger partial charge in [0.05, 0.1) is 11.0 Å². The van der Waals surface area contributed by atoms with Crippen molar-refractivity contribution in [2.24, 2.45) is 0 Å². The van der Waals surface area contributed by atoms with Crippen molar-refractivity contribution in [3.8, 4) is 0 Å². The van der Waals surface area contributed by atoms with Crippen molar-refractivity contribution in [1.29, 1.82) is 0 Å². The molecule has 2 aromatic rings. The number of nitrogens with zero attached hydrogens (tertiary/aromatic N) is 1. The van der Waals surface area contributed by atoms with Gasteiger partial charge < -0.3 is 4.90 Å². The molecule has 0 saturated carbocycles. The standard InChI is InChI=1S/C18H17ClFNO3S/c19-14-5-3-4-13(12-14)18(22)21-9-8-17(25(23,24)11-10-21)15-6-1-2-7-16(15)20/h1-7,12,17H,8-11H2. The zero-order chi connectivity index (χ0) is 18.0. The maximum absolute atomic E-state index is 14.1. The van der Waals surface area contributed by atoms with E-state index in [1.54, 1.807) is 30.3 Å². The van der Waals surface area contributed by atoms with Crippen LogP contribution in [0.25, 0.3) is 0 Å². The zero-order valence-corrected chi connectivity index (χ0v) is 14.9. The lowest BCUT2D eigenvalue weighted by atomic mass is 10.1. The largest absolute Gasteiger partial charge is 0.338 e. The van der Waals surface area contributed by atoms with Gasteiger partial charge in [0.1, 0.15) is 5.82 Å². The number of benzene rings is 2. The Kier molecular flexibility index (Phi) is 5.11. The molecular weight excluding hydrogens is 365 g/mol. The maximum atomic E-state index is 14.1. The van der Waals surface area contributed by atoms with Gasteiger partial charge in [0.2, 0.25) is 0 Å². The van der Waals surface area contributed by atoms with E-state index >= 15 is 0 Å². The molecule has 1 atom stereocenters. The van der Waals surface area contributed by atoms with Crippen molar-refractivity contribution in [3.05, 3.63) is 70.5 Å². The fourth-order valence-corrected chi connectivity index (χ4v) is 5.03. The summed E-state index contributed by atoms with van der Waals surface area (Å²) in [5, 5.41) is -0.497. The lowest BCUT2D eigenvalue weighted by molar-refractivity contribution is 0.0766. The molecule has 4 nitrogen and oxygen atoms in total. The Morgan fingerprint density at radius 1 is 1.12 bits per heavy atom. The van der Waals surface area contributed by atoms with Crippen LogP contribution < -0.4 is 0 Å². The quantitative estimate of drug-likeness (QED) is 0.800. The number of rotatable bonds is 2. The molecule has 0 aliphatic carbocycles. The van der Waals surface area contributed by atoms with Gasteiger partial charge in [-0.1, -0.05) is 35.9 Å². The minimum Gasteiger partial charge on any atom is -0.338 e. The highest BCUT2D eigenvalue weighted by atomic mass is 35.5. The summed E-state index contributed by atoms with van der Waals surface area (Å²) in [5.74, 6) is -1.00. The average molecular weight is 382 g/mol. The average Bonchev–Trinajstić information content (AvgIpc) is 2.73. The van der Waals surface area contributed by atoms with Crippen molar-refractivity contribution < 1.29 is 17.6 Å². The van der Waals surface area contributed by atoms with Gasteiger partial charge in [-0.15, -0.1) is 0 Å². The summed E-state index contributed by atoms with van der Waals surface area (Å²) >= 11 is 5.92. The molecule has 132 valence electrons. The lowest BCUT2D eigenvalue weighted by Gasteiger charge is -2.20. The Morgan fingerprint density at radius 2 is 1.88 bits per heavy atom. The molecule has 3 rings (SSSR count). The SMILES string of the molecule is O=C(c1cccc(Cl)c1)N1CCC(c2ccccc2F)S(=O)(=O)CC1. The van der Waals surface area contributed by atoms with Gasteiger partial charge in [-0.3, -0.25) is 4.79 Å². The third kappa shape index (κ3) is 3.85. The number of sulfone groups is 1. The van der Waals surface area contributed by atoms with E-state index in [2.05, 4.69) is 0 Å². The molecular formula is C18H17ClFNO3S. The number of hydrogen-bond acceptors (Lipinski definition) is 3. The molecule has 0 spiro atoms. The fourth-order valence-electron chi connectivity index (χ4n) is 3.04. The highest BCUT2D eigenvalue weighted by molar-refractivity contribution is 7.91. The van der Waals surface area contributed by atoms with Gasteiger partial charge in [0.25, 0.3) is 5.91 Å². The van der Waals surface area contributed by atoms with Gasteiger partial charge in [-0.2, -0.15) is 0 Å². The third-order valence-electron chi connectivity index (χ3n) is 4.35. The first kappa shape index (κ1) is 17.9. The van der Waals surface area contributed by atoms with E-state index in [0.717, 1.165) is 0 Å². The second kappa shape index (κ2) is 7.14. The molecule has 2 aromatic carbocycles. The Labute approximate surface area is 151 Å². The highest BCUT2D eigenvalue weighted by Gasteiger charge is 2.34.